The SMILES string of the molecule is Cc1cccc(=O)n1CCCCNC(=O)c1cc([N+](=O)[O-])cc([N+](=O)[O-])c1. The zero-order chi connectivity index (χ0) is 20.0. The van der Waals surface area contributed by atoms with E-state index in [0.29, 0.717) is 19.4 Å². The van der Waals surface area contributed by atoms with Crippen LogP contribution in [0.2, 0.25) is 0 Å². The predicted molar refractivity (Wildman–Crippen MR) is 96.8 cm³/mol. The first-order chi connectivity index (χ1) is 12.8. The fourth-order valence-electron chi connectivity index (χ4n) is 2.55. The fraction of sp³-hybridized carbons (Fsp3) is 0.294. The van der Waals surface area contributed by atoms with Gasteiger partial charge in [-0.25, -0.2) is 0 Å². The van der Waals surface area contributed by atoms with Gasteiger partial charge in [-0.2, -0.15) is 0 Å². The summed E-state index contributed by atoms with van der Waals surface area (Å²) in [6, 6.07) is 7.79. The minimum Gasteiger partial charge on any atom is -0.352 e. The molecule has 2 rings (SSSR count). The number of benzene rings is 1. The average molecular weight is 374 g/mol. The van der Waals surface area contributed by atoms with Gasteiger partial charge in [0.15, 0.2) is 0 Å². The van der Waals surface area contributed by atoms with Crippen molar-refractivity contribution in [2.45, 2.75) is 26.3 Å². The standard InChI is InChI=1S/C17H18N4O6/c1-12-5-4-6-16(22)19(12)8-3-2-7-18-17(23)13-9-14(20(24)25)11-15(10-13)21(26)27/h4-6,9-11H,2-3,7-8H2,1H3,(H,18,23). The van der Waals surface area contributed by atoms with Crippen molar-refractivity contribution in [2.24, 2.45) is 0 Å². The van der Waals surface area contributed by atoms with Crippen LogP contribution >= 0.6 is 0 Å². The molecule has 1 aromatic carbocycles. The first-order valence-electron chi connectivity index (χ1n) is 8.18. The number of nitro groups is 2. The van der Waals surface area contributed by atoms with E-state index in [1.165, 1.54) is 6.07 Å². The largest absolute Gasteiger partial charge is 0.352 e. The van der Waals surface area contributed by atoms with E-state index in [-0.39, 0.29) is 17.7 Å². The molecule has 0 bridgehead atoms. The molecule has 10 heteroatoms. The van der Waals surface area contributed by atoms with Crippen molar-refractivity contribution >= 4 is 17.3 Å². The summed E-state index contributed by atoms with van der Waals surface area (Å²) in [6.07, 6.45) is 1.21. The van der Waals surface area contributed by atoms with Crippen molar-refractivity contribution in [1.29, 1.82) is 0 Å². The number of rotatable bonds is 8. The van der Waals surface area contributed by atoms with Gasteiger partial charge in [0.25, 0.3) is 22.8 Å². The summed E-state index contributed by atoms with van der Waals surface area (Å²) in [5.74, 6) is -0.630. The van der Waals surface area contributed by atoms with Crippen LogP contribution in [0.3, 0.4) is 0 Å². The maximum absolute atomic E-state index is 12.1. The van der Waals surface area contributed by atoms with Gasteiger partial charge < -0.3 is 9.88 Å². The van der Waals surface area contributed by atoms with E-state index >= 15 is 0 Å². The van der Waals surface area contributed by atoms with E-state index in [9.17, 15) is 29.8 Å². The highest BCUT2D eigenvalue weighted by molar-refractivity contribution is 5.95. The Morgan fingerprint density at radius 2 is 1.70 bits per heavy atom. The Morgan fingerprint density at radius 1 is 1.07 bits per heavy atom. The summed E-state index contributed by atoms with van der Waals surface area (Å²) in [6.45, 7) is 2.61. The second-order valence-electron chi connectivity index (χ2n) is 5.87. The molecule has 0 aliphatic heterocycles. The number of aryl methyl sites for hydroxylation is 1. The van der Waals surface area contributed by atoms with Gasteiger partial charge in [-0.15, -0.1) is 0 Å². The molecule has 0 spiro atoms. The highest BCUT2D eigenvalue weighted by Gasteiger charge is 2.19. The zero-order valence-electron chi connectivity index (χ0n) is 14.6. The Hall–Kier alpha value is -3.56. The smallest absolute Gasteiger partial charge is 0.277 e. The number of hydrogen-bond acceptors (Lipinski definition) is 6. The Labute approximate surface area is 153 Å². The lowest BCUT2D eigenvalue weighted by molar-refractivity contribution is -0.394. The fourth-order valence-corrected chi connectivity index (χ4v) is 2.55. The number of non-ortho nitro benzene ring substituents is 2. The highest BCUT2D eigenvalue weighted by atomic mass is 16.6. The van der Waals surface area contributed by atoms with Crippen LogP contribution in [0.15, 0.2) is 41.2 Å². The highest BCUT2D eigenvalue weighted by Crippen LogP contribution is 2.22. The summed E-state index contributed by atoms with van der Waals surface area (Å²) in [4.78, 5) is 44.0. The Morgan fingerprint density at radius 3 is 2.26 bits per heavy atom. The van der Waals surface area contributed by atoms with E-state index in [1.54, 1.807) is 10.6 Å². The molecule has 1 aromatic heterocycles. The average Bonchev–Trinajstić information content (AvgIpc) is 2.62. The molecule has 1 amide bonds. The number of hydrogen-bond donors (Lipinski definition) is 1. The molecule has 1 heterocycles. The zero-order valence-corrected chi connectivity index (χ0v) is 14.6. The number of nitrogens with one attached hydrogen (secondary N) is 1. The molecule has 0 fully saturated rings. The lowest BCUT2D eigenvalue weighted by Gasteiger charge is -2.09. The number of unbranched alkanes of at least 4 members (excludes halogenated alkanes) is 1. The molecule has 0 atom stereocenters. The number of carbonyl (C=O) groups is 1. The number of carbonyl (C=O) groups excluding carboxylic acids is 1. The van der Waals surface area contributed by atoms with Gasteiger partial charge in [-0.05, 0) is 25.8 Å². The maximum atomic E-state index is 12.1. The van der Waals surface area contributed by atoms with Crippen molar-refractivity contribution in [3.63, 3.8) is 0 Å². The summed E-state index contributed by atoms with van der Waals surface area (Å²) >= 11 is 0. The molecule has 0 aliphatic rings. The topological polar surface area (TPSA) is 137 Å². The van der Waals surface area contributed by atoms with Crippen LogP contribution in [0.1, 0.15) is 28.9 Å². The lowest BCUT2D eigenvalue weighted by Crippen LogP contribution is -2.25. The minimum atomic E-state index is -0.788. The van der Waals surface area contributed by atoms with E-state index in [1.807, 2.05) is 13.0 Å². The molecule has 0 unspecified atom stereocenters. The van der Waals surface area contributed by atoms with Gasteiger partial charge in [0, 0.05) is 37.0 Å². The molecular formula is C17H18N4O6. The van der Waals surface area contributed by atoms with Crippen LogP contribution in [0.25, 0.3) is 0 Å². The van der Waals surface area contributed by atoms with Crippen LogP contribution in [-0.4, -0.2) is 26.9 Å². The molecule has 1 N–H and O–H groups in total. The summed E-state index contributed by atoms with van der Waals surface area (Å²) in [7, 11) is 0. The first-order valence-corrected chi connectivity index (χ1v) is 8.18. The molecule has 0 radical (unpaired) electrons. The summed E-state index contributed by atoms with van der Waals surface area (Å²) in [5.41, 5.74) is -0.439. The van der Waals surface area contributed by atoms with Crippen LogP contribution in [0, 0.1) is 27.2 Å². The van der Waals surface area contributed by atoms with Crippen molar-refractivity contribution < 1.29 is 14.6 Å². The van der Waals surface area contributed by atoms with Crippen LogP contribution < -0.4 is 10.9 Å². The van der Waals surface area contributed by atoms with Gasteiger partial charge in [0.2, 0.25) is 0 Å². The maximum Gasteiger partial charge on any atom is 0.277 e. The Balaban J connectivity index is 1.93. The third-order valence-corrected chi connectivity index (χ3v) is 3.95. The van der Waals surface area contributed by atoms with Gasteiger partial charge in [0.1, 0.15) is 0 Å². The Kier molecular flexibility index (Phi) is 6.36. The first kappa shape index (κ1) is 19.8. The minimum absolute atomic E-state index is 0.0945. The van der Waals surface area contributed by atoms with Crippen molar-refractivity contribution in [1.82, 2.24) is 9.88 Å². The second-order valence-corrected chi connectivity index (χ2v) is 5.87. The number of nitrogens with zero attached hydrogens (tertiary/aromatic N) is 3. The molecular weight excluding hydrogens is 356 g/mol. The molecule has 0 saturated carbocycles. The monoisotopic (exact) mass is 374 g/mol. The lowest BCUT2D eigenvalue weighted by atomic mass is 10.1. The van der Waals surface area contributed by atoms with Gasteiger partial charge >= 0.3 is 0 Å². The van der Waals surface area contributed by atoms with Gasteiger partial charge in [0.05, 0.1) is 21.5 Å². The quantitative estimate of drug-likeness (QED) is 0.427. The van der Waals surface area contributed by atoms with Crippen LogP contribution in [0.4, 0.5) is 11.4 Å². The van der Waals surface area contributed by atoms with Gasteiger partial charge in [-0.3, -0.25) is 29.8 Å². The number of pyridine rings is 1. The van der Waals surface area contributed by atoms with E-state index in [0.717, 1.165) is 23.9 Å². The molecule has 0 aliphatic carbocycles. The van der Waals surface area contributed by atoms with Crippen LogP contribution in [0.5, 0.6) is 0 Å². The van der Waals surface area contributed by atoms with Crippen LogP contribution in [-0.2, 0) is 6.54 Å². The second kappa shape index (κ2) is 8.70. The summed E-state index contributed by atoms with van der Waals surface area (Å²) in [5, 5.41) is 24.3. The Bertz CT molecular complexity index is 905. The van der Waals surface area contributed by atoms with E-state index in [4.69, 9.17) is 0 Å². The molecule has 0 saturated heterocycles. The molecule has 142 valence electrons. The number of aromatic nitrogens is 1. The van der Waals surface area contributed by atoms with Crippen molar-refractivity contribution in [3.05, 3.63) is 78.2 Å². The molecule has 2 aromatic rings. The third kappa shape index (κ3) is 5.21. The van der Waals surface area contributed by atoms with Crippen molar-refractivity contribution in [2.75, 3.05) is 6.54 Å². The van der Waals surface area contributed by atoms with Gasteiger partial charge in [-0.1, -0.05) is 6.07 Å². The third-order valence-electron chi connectivity index (χ3n) is 3.95. The van der Waals surface area contributed by atoms with Crippen molar-refractivity contribution in [3.8, 4) is 0 Å². The summed E-state index contributed by atoms with van der Waals surface area (Å²) < 4.78 is 1.63. The number of amides is 1. The van der Waals surface area contributed by atoms with E-state index in [2.05, 4.69) is 5.32 Å². The number of nitro benzene ring substituents is 2. The molecule has 10 nitrogen and oxygen atoms in total. The van der Waals surface area contributed by atoms with E-state index < -0.39 is 27.1 Å². The predicted octanol–water partition coefficient (Wildman–Crippen LogP) is 2.18. The normalized spacial score (nSPS) is 10.4. The molecule has 27 heavy (non-hydrogen) atoms.